The maximum Gasteiger partial charge on any atom is 0.308 e. The first-order chi connectivity index (χ1) is 14.7. The Morgan fingerprint density at radius 2 is 2.13 bits per heavy atom. The van der Waals surface area contributed by atoms with E-state index in [1.807, 2.05) is 6.92 Å². The van der Waals surface area contributed by atoms with E-state index in [0.29, 0.717) is 12.0 Å². The van der Waals surface area contributed by atoms with Gasteiger partial charge in [0.25, 0.3) is 11.6 Å². The number of nitro benzene ring substituents is 1. The summed E-state index contributed by atoms with van der Waals surface area (Å²) in [6.45, 7) is 3.52. The molecule has 0 spiro atoms. The summed E-state index contributed by atoms with van der Waals surface area (Å²) < 4.78 is 5.02. The lowest BCUT2D eigenvalue weighted by molar-refractivity contribution is -0.384. The molecule has 1 unspecified atom stereocenters. The summed E-state index contributed by atoms with van der Waals surface area (Å²) in [6, 6.07) is 4.42. The molecule has 0 aliphatic carbocycles. The van der Waals surface area contributed by atoms with Crippen LogP contribution in [-0.4, -0.2) is 59.3 Å². The highest BCUT2D eigenvalue weighted by atomic mass is 16.6. The van der Waals surface area contributed by atoms with Crippen molar-refractivity contribution in [2.75, 3.05) is 19.7 Å². The highest BCUT2D eigenvalue weighted by molar-refractivity contribution is 6.03. The summed E-state index contributed by atoms with van der Waals surface area (Å²) in [5, 5.41) is 16.0. The second kappa shape index (κ2) is 10.9. The van der Waals surface area contributed by atoms with Gasteiger partial charge in [-0.25, -0.2) is 0 Å². The van der Waals surface area contributed by atoms with Gasteiger partial charge < -0.3 is 20.3 Å². The molecule has 1 aliphatic rings. The minimum absolute atomic E-state index is 0.113. The Balaban J connectivity index is 2.34. The van der Waals surface area contributed by atoms with E-state index >= 15 is 0 Å². The van der Waals surface area contributed by atoms with Crippen molar-refractivity contribution in [1.29, 1.82) is 0 Å². The van der Waals surface area contributed by atoms with E-state index in [0.717, 1.165) is 0 Å². The zero-order valence-electron chi connectivity index (χ0n) is 17.3. The molecule has 11 heteroatoms. The number of nitro groups is 1. The third kappa shape index (κ3) is 6.63. The van der Waals surface area contributed by atoms with Gasteiger partial charge in [-0.3, -0.25) is 29.3 Å². The first kappa shape index (κ1) is 23.5. The van der Waals surface area contributed by atoms with Gasteiger partial charge in [0.1, 0.15) is 11.7 Å². The molecule has 2 rings (SSSR count). The molecule has 1 fully saturated rings. The molecular weight excluding hydrogens is 408 g/mol. The standard InChI is InChI=1S/C20H24N4O7/c1-3-9-31-18(26)12-17-19(27)21-7-8-23(17)20(28)16(22-13(2)25)11-14-5-4-6-15(10-14)24(29)30/h4-6,10-11,17H,3,7-9,12H2,1-2H3,(H,21,27)(H,22,25)/b16-11-. The number of nitrogens with zero attached hydrogens (tertiary/aromatic N) is 2. The molecule has 0 bridgehead atoms. The van der Waals surface area contributed by atoms with Crippen LogP contribution >= 0.6 is 0 Å². The minimum atomic E-state index is -1.10. The highest BCUT2D eigenvalue weighted by Gasteiger charge is 2.36. The molecule has 1 saturated heterocycles. The van der Waals surface area contributed by atoms with Crippen LogP contribution in [0.15, 0.2) is 30.0 Å². The number of esters is 1. The van der Waals surface area contributed by atoms with E-state index in [4.69, 9.17) is 4.74 Å². The van der Waals surface area contributed by atoms with Crippen LogP contribution in [0, 0.1) is 10.1 Å². The van der Waals surface area contributed by atoms with Crippen LogP contribution in [0.5, 0.6) is 0 Å². The Morgan fingerprint density at radius 1 is 1.39 bits per heavy atom. The molecule has 0 saturated carbocycles. The van der Waals surface area contributed by atoms with Crippen molar-refractivity contribution in [1.82, 2.24) is 15.5 Å². The highest BCUT2D eigenvalue weighted by Crippen LogP contribution is 2.18. The maximum absolute atomic E-state index is 13.2. The molecule has 1 aromatic carbocycles. The van der Waals surface area contributed by atoms with Crippen molar-refractivity contribution < 1.29 is 28.8 Å². The van der Waals surface area contributed by atoms with Gasteiger partial charge in [-0.05, 0) is 18.1 Å². The molecule has 31 heavy (non-hydrogen) atoms. The SMILES string of the molecule is CCCOC(=O)CC1C(=O)NCCN1C(=O)/C(=C/c1cccc([N+](=O)[O-])c1)NC(C)=O. The lowest BCUT2D eigenvalue weighted by Gasteiger charge is -2.35. The summed E-state index contributed by atoms with van der Waals surface area (Å²) in [6.07, 6.45) is 1.57. The van der Waals surface area contributed by atoms with E-state index in [-0.39, 0.29) is 37.5 Å². The minimum Gasteiger partial charge on any atom is -0.466 e. The number of piperazine rings is 1. The molecule has 11 nitrogen and oxygen atoms in total. The molecular formula is C20H24N4O7. The monoisotopic (exact) mass is 432 g/mol. The topological polar surface area (TPSA) is 148 Å². The Kier molecular flexibility index (Phi) is 8.24. The quantitative estimate of drug-likeness (QED) is 0.266. The van der Waals surface area contributed by atoms with Crippen molar-refractivity contribution in [3.63, 3.8) is 0 Å². The van der Waals surface area contributed by atoms with Crippen LogP contribution in [0.4, 0.5) is 5.69 Å². The number of nitrogens with one attached hydrogen (secondary N) is 2. The average Bonchev–Trinajstić information content (AvgIpc) is 2.72. The maximum atomic E-state index is 13.2. The smallest absolute Gasteiger partial charge is 0.308 e. The Hall–Kier alpha value is -3.76. The number of benzene rings is 1. The molecule has 0 aromatic heterocycles. The molecule has 3 amide bonds. The van der Waals surface area contributed by atoms with Gasteiger partial charge in [0.15, 0.2) is 0 Å². The summed E-state index contributed by atoms with van der Waals surface area (Å²) in [7, 11) is 0. The van der Waals surface area contributed by atoms with Gasteiger partial charge in [0.05, 0.1) is 18.0 Å². The van der Waals surface area contributed by atoms with Gasteiger partial charge in [-0.2, -0.15) is 0 Å². The zero-order chi connectivity index (χ0) is 23.0. The Labute approximate surface area is 178 Å². The van der Waals surface area contributed by atoms with Gasteiger partial charge in [-0.1, -0.05) is 19.1 Å². The van der Waals surface area contributed by atoms with Crippen LogP contribution in [0.1, 0.15) is 32.3 Å². The number of amides is 3. The molecule has 1 heterocycles. The number of carbonyl (C=O) groups is 4. The summed E-state index contributed by atoms with van der Waals surface area (Å²) in [4.78, 5) is 60.8. The zero-order valence-corrected chi connectivity index (χ0v) is 17.3. The lowest BCUT2D eigenvalue weighted by atomic mass is 10.1. The second-order valence-electron chi connectivity index (χ2n) is 6.82. The fraction of sp³-hybridized carbons (Fsp3) is 0.400. The van der Waals surface area contributed by atoms with Gasteiger partial charge in [0, 0.05) is 32.1 Å². The van der Waals surface area contributed by atoms with Gasteiger partial charge in [0.2, 0.25) is 11.8 Å². The average molecular weight is 432 g/mol. The molecule has 1 aliphatic heterocycles. The van der Waals surface area contributed by atoms with E-state index < -0.39 is 34.7 Å². The van der Waals surface area contributed by atoms with Crippen molar-refractivity contribution in [2.24, 2.45) is 0 Å². The number of carbonyl (C=O) groups excluding carboxylic acids is 4. The van der Waals surface area contributed by atoms with Crippen LogP contribution in [-0.2, 0) is 23.9 Å². The third-order valence-electron chi connectivity index (χ3n) is 4.35. The molecule has 166 valence electrons. The first-order valence-corrected chi connectivity index (χ1v) is 9.71. The van der Waals surface area contributed by atoms with Crippen LogP contribution < -0.4 is 10.6 Å². The Bertz CT molecular complexity index is 913. The largest absolute Gasteiger partial charge is 0.466 e. The van der Waals surface area contributed by atoms with Gasteiger partial charge in [-0.15, -0.1) is 0 Å². The normalized spacial score (nSPS) is 16.3. The molecule has 1 aromatic rings. The van der Waals surface area contributed by atoms with Crippen LogP contribution in [0.25, 0.3) is 6.08 Å². The van der Waals surface area contributed by atoms with Crippen molar-refractivity contribution in [2.45, 2.75) is 32.7 Å². The molecule has 2 N–H and O–H groups in total. The third-order valence-corrected chi connectivity index (χ3v) is 4.35. The summed E-state index contributed by atoms with van der Waals surface area (Å²) >= 11 is 0. The number of ether oxygens (including phenoxy) is 1. The van der Waals surface area contributed by atoms with E-state index in [1.165, 1.54) is 42.2 Å². The molecule has 0 radical (unpaired) electrons. The number of hydrogen-bond acceptors (Lipinski definition) is 7. The predicted molar refractivity (Wildman–Crippen MR) is 109 cm³/mol. The fourth-order valence-corrected chi connectivity index (χ4v) is 2.98. The van der Waals surface area contributed by atoms with Crippen molar-refractivity contribution >= 4 is 35.5 Å². The van der Waals surface area contributed by atoms with Gasteiger partial charge >= 0.3 is 5.97 Å². The van der Waals surface area contributed by atoms with Crippen molar-refractivity contribution in [3.05, 3.63) is 45.6 Å². The Morgan fingerprint density at radius 3 is 2.77 bits per heavy atom. The van der Waals surface area contributed by atoms with Crippen LogP contribution in [0.3, 0.4) is 0 Å². The second-order valence-corrected chi connectivity index (χ2v) is 6.82. The number of non-ortho nitro benzene ring substituents is 1. The summed E-state index contributed by atoms with van der Waals surface area (Å²) in [5.41, 5.74) is -0.0430. The number of hydrogen-bond donors (Lipinski definition) is 2. The van der Waals surface area contributed by atoms with Crippen LogP contribution in [0.2, 0.25) is 0 Å². The lowest BCUT2D eigenvalue weighted by Crippen LogP contribution is -2.58. The van der Waals surface area contributed by atoms with Crippen molar-refractivity contribution in [3.8, 4) is 0 Å². The number of rotatable bonds is 8. The fourth-order valence-electron chi connectivity index (χ4n) is 2.98. The molecule has 1 atom stereocenters. The summed E-state index contributed by atoms with van der Waals surface area (Å²) in [5.74, 6) is -2.36. The predicted octanol–water partition coefficient (Wildman–Crippen LogP) is 0.742. The van der Waals surface area contributed by atoms with E-state index in [1.54, 1.807) is 0 Å². The van der Waals surface area contributed by atoms with E-state index in [9.17, 15) is 29.3 Å². The first-order valence-electron chi connectivity index (χ1n) is 9.71. The van der Waals surface area contributed by atoms with E-state index in [2.05, 4.69) is 10.6 Å².